The van der Waals surface area contributed by atoms with E-state index in [-0.39, 0.29) is 40.9 Å². The lowest BCUT2D eigenvalue weighted by atomic mass is 10.0. The fourth-order valence-corrected chi connectivity index (χ4v) is 4.34. The van der Waals surface area contributed by atoms with Gasteiger partial charge in [0.1, 0.15) is 12.4 Å². The highest BCUT2D eigenvalue weighted by Crippen LogP contribution is 2.35. The van der Waals surface area contributed by atoms with Gasteiger partial charge in [-0.1, -0.05) is 32.0 Å². The van der Waals surface area contributed by atoms with Gasteiger partial charge in [-0.05, 0) is 72.5 Å². The number of rotatable bonds is 11. The summed E-state index contributed by atoms with van der Waals surface area (Å²) in [5, 5.41) is 8.48. The standard InChI is InChI=1S/C26H29NO7S/c1-5-32-22-13-18(7-9-20(22)34-15-24(28)29)14-23-25(30)27(26(31)35-23)10-11-33-21-12-17(4)6-8-19(21)16(2)3/h6-9,12-14,16H,5,10-11,15H2,1-4H3,(H,28,29)/b23-14-. The van der Waals surface area contributed by atoms with Gasteiger partial charge in [0.2, 0.25) is 0 Å². The molecule has 1 heterocycles. The van der Waals surface area contributed by atoms with Gasteiger partial charge in [0.05, 0.1) is 18.1 Å². The van der Waals surface area contributed by atoms with Crippen LogP contribution in [0.5, 0.6) is 17.2 Å². The van der Waals surface area contributed by atoms with E-state index in [4.69, 9.17) is 19.3 Å². The van der Waals surface area contributed by atoms with E-state index in [1.807, 2.05) is 25.1 Å². The summed E-state index contributed by atoms with van der Waals surface area (Å²) in [5.74, 6) is 0.199. The number of carbonyl (C=O) groups excluding carboxylic acids is 2. The van der Waals surface area contributed by atoms with Crippen LogP contribution < -0.4 is 14.2 Å². The van der Waals surface area contributed by atoms with Gasteiger partial charge in [0.25, 0.3) is 11.1 Å². The van der Waals surface area contributed by atoms with Crippen LogP contribution in [0.4, 0.5) is 4.79 Å². The fraction of sp³-hybridized carbons (Fsp3) is 0.346. The maximum Gasteiger partial charge on any atom is 0.341 e. The number of aryl methyl sites for hydroxylation is 1. The monoisotopic (exact) mass is 499 g/mol. The Balaban J connectivity index is 1.69. The minimum atomic E-state index is -1.10. The van der Waals surface area contributed by atoms with E-state index in [0.29, 0.717) is 17.9 Å². The van der Waals surface area contributed by atoms with Crippen molar-refractivity contribution in [2.24, 2.45) is 0 Å². The summed E-state index contributed by atoms with van der Waals surface area (Å²) in [6, 6.07) is 10.9. The van der Waals surface area contributed by atoms with Crippen molar-refractivity contribution in [3.8, 4) is 17.2 Å². The number of amides is 2. The molecule has 0 spiro atoms. The Morgan fingerprint density at radius 1 is 1.06 bits per heavy atom. The molecule has 0 unspecified atom stereocenters. The topological polar surface area (TPSA) is 102 Å². The van der Waals surface area contributed by atoms with E-state index in [1.54, 1.807) is 31.2 Å². The van der Waals surface area contributed by atoms with Gasteiger partial charge in [0.15, 0.2) is 18.1 Å². The van der Waals surface area contributed by atoms with Crippen LogP contribution in [0.25, 0.3) is 6.08 Å². The quantitative estimate of drug-likeness (QED) is 0.426. The zero-order valence-corrected chi connectivity index (χ0v) is 21.0. The Kier molecular flexibility index (Phi) is 8.81. The first-order valence-corrected chi connectivity index (χ1v) is 12.1. The van der Waals surface area contributed by atoms with Crippen LogP contribution in [-0.4, -0.2) is 53.5 Å². The molecule has 1 aliphatic heterocycles. The lowest BCUT2D eigenvalue weighted by Gasteiger charge is -2.17. The van der Waals surface area contributed by atoms with Gasteiger partial charge in [0, 0.05) is 0 Å². The van der Waals surface area contributed by atoms with Crippen molar-refractivity contribution in [2.45, 2.75) is 33.6 Å². The molecule has 2 aromatic carbocycles. The number of benzene rings is 2. The lowest BCUT2D eigenvalue weighted by Crippen LogP contribution is -2.32. The molecule has 1 saturated heterocycles. The van der Waals surface area contributed by atoms with Crippen molar-refractivity contribution in [2.75, 3.05) is 26.4 Å². The van der Waals surface area contributed by atoms with Crippen molar-refractivity contribution in [3.63, 3.8) is 0 Å². The van der Waals surface area contributed by atoms with Crippen molar-refractivity contribution in [1.29, 1.82) is 0 Å². The molecule has 8 nitrogen and oxygen atoms in total. The minimum Gasteiger partial charge on any atom is -0.491 e. The van der Waals surface area contributed by atoms with Crippen LogP contribution in [0.15, 0.2) is 41.3 Å². The van der Waals surface area contributed by atoms with Gasteiger partial charge in [-0.15, -0.1) is 0 Å². The Bertz CT molecular complexity index is 1140. The van der Waals surface area contributed by atoms with Gasteiger partial charge >= 0.3 is 5.97 Å². The highest BCUT2D eigenvalue weighted by molar-refractivity contribution is 8.18. The first-order valence-electron chi connectivity index (χ1n) is 11.3. The number of ether oxygens (including phenoxy) is 3. The number of carboxylic acids is 1. The molecule has 2 amide bonds. The minimum absolute atomic E-state index is 0.139. The molecule has 1 fully saturated rings. The maximum absolute atomic E-state index is 12.9. The number of carbonyl (C=O) groups is 3. The second-order valence-electron chi connectivity index (χ2n) is 8.20. The predicted octanol–water partition coefficient (Wildman–Crippen LogP) is 5.10. The summed E-state index contributed by atoms with van der Waals surface area (Å²) in [5.41, 5.74) is 2.77. The van der Waals surface area contributed by atoms with Gasteiger partial charge in [-0.3, -0.25) is 14.5 Å². The molecule has 0 atom stereocenters. The number of hydrogen-bond acceptors (Lipinski definition) is 7. The molecule has 0 aliphatic carbocycles. The number of imide groups is 1. The average Bonchev–Trinajstić information content (AvgIpc) is 3.06. The molecule has 0 bridgehead atoms. The zero-order valence-electron chi connectivity index (χ0n) is 20.2. The summed E-state index contributed by atoms with van der Waals surface area (Å²) < 4.78 is 16.7. The molecule has 0 radical (unpaired) electrons. The average molecular weight is 500 g/mol. The van der Waals surface area contributed by atoms with E-state index >= 15 is 0 Å². The van der Waals surface area contributed by atoms with Crippen LogP contribution in [-0.2, 0) is 9.59 Å². The summed E-state index contributed by atoms with van der Waals surface area (Å²) >= 11 is 0.864. The third-order valence-corrected chi connectivity index (χ3v) is 6.06. The van der Waals surface area contributed by atoms with Crippen molar-refractivity contribution in [1.82, 2.24) is 4.90 Å². The molecule has 2 aromatic rings. The summed E-state index contributed by atoms with van der Waals surface area (Å²) in [7, 11) is 0. The summed E-state index contributed by atoms with van der Waals surface area (Å²) in [4.78, 5) is 37.6. The molecule has 186 valence electrons. The first kappa shape index (κ1) is 26.2. The molecule has 9 heteroatoms. The van der Waals surface area contributed by atoms with Crippen LogP contribution in [0, 0.1) is 6.92 Å². The number of hydrogen-bond donors (Lipinski definition) is 1. The molecule has 1 aliphatic rings. The first-order chi connectivity index (χ1) is 16.7. The predicted molar refractivity (Wildman–Crippen MR) is 134 cm³/mol. The maximum atomic E-state index is 12.9. The van der Waals surface area contributed by atoms with E-state index in [2.05, 4.69) is 13.8 Å². The number of nitrogens with zero attached hydrogens (tertiary/aromatic N) is 1. The smallest absolute Gasteiger partial charge is 0.341 e. The molecule has 1 N–H and O–H groups in total. The summed E-state index contributed by atoms with van der Waals surface area (Å²) in [6.07, 6.45) is 1.60. The normalized spacial score (nSPS) is 14.7. The van der Waals surface area contributed by atoms with Crippen LogP contribution >= 0.6 is 11.8 Å². The van der Waals surface area contributed by atoms with Crippen LogP contribution in [0.2, 0.25) is 0 Å². The Morgan fingerprint density at radius 2 is 1.83 bits per heavy atom. The van der Waals surface area contributed by atoms with E-state index in [9.17, 15) is 14.4 Å². The number of carboxylic acid groups (broad SMARTS) is 1. The highest BCUT2D eigenvalue weighted by Gasteiger charge is 2.35. The van der Waals surface area contributed by atoms with Crippen molar-refractivity contribution < 1.29 is 33.7 Å². The second kappa shape index (κ2) is 11.8. The van der Waals surface area contributed by atoms with E-state index in [1.165, 1.54) is 4.90 Å². The van der Waals surface area contributed by atoms with E-state index < -0.39 is 12.6 Å². The summed E-state index contributed by atoms with van der Waals surface area (Å²) in [6.45, 7) is 8.13. The van der Waals surface area contributed by atoms with Gasteiger partial charge in [-0.25, -0.2) is 4.79 Å². The van der Waals surface area contributed by atoms with Crippen molar-refractivity contribution >= 4 is 35.0 Å². The largest absolute Gasteiger partial charge is 0.491 e. The van der Waals surface area contributed by atoms with E-state index in [0.717, 1.165) is 28.6 Å². The molecule has 0 saturated carbocycles. The van der Waals surface area contributed by atoms with Gasteiger partial charge in [-0.2, -0.15) is 0 Å². The molecular formula is C26H29NO7S. The molecular weight excluding hydrogens is 470 g/mol. The Labute approximate surface area is 208 Å². The van der Waals surface area contributed by atoms with Crippen LogP contribution in [0.1, 0.15) is 43.4 Å². The SMILES string of the molecule is CCOc1cc(/C=C2\SC(=O)N(CCOc3cc(C)ccc3C(C)C)C2=O)ccc1OCC(=O)O. The molecule has 3 rings (SSSR count). The lowest BCUT2D eigenvalue weighted by molar-refractivity contribution is -0.139. The Morgan fingerprint density at radius 3 is 2.51 bits per heavy atom. The van der Waals surface area contributed by atoms with Crippen molar-refractivity contribution in [3.05, 3.63) is 58.0 Å². The zero-order chi connectivity index (χ0) is 25.5. The fourth-order valence-electron chi connectivity index (χ4n) is 3.48. The number of thioether (sulfide) groups is 1. The van der Waals surface area contributed by atoms with Crippen LogP contribution in [0.3, 0.4) is 0 Å². The highest BCUT2D eigenvalue weighted by atomic mass is 32.2. The third kappa shape index (κ3) is 6.79. The van der Waals surface area contributed by atoms with Gasteiger partial charge < -0.3 is 19.3 Å². The Hall–Kier alpha value is -3.46. The molecule has 35 heavy (non-hydrogen) atoms. The second-order valence-corrected chi connectivity index (χ2v) is 9.19. The molecule has 0 aromatic heterocycles. The number of aliphatic carboxylic acids is 1. The third-order valence-electron chi connectivity index (χ3n) is 5.15.